The van der Waals surface area contributed by atoms with Crippen molar-refractivity contribution in [3.63, 3.8) is 0 Å². The number of aliphatic hydroxyl groups is 1. The number of carbonyl (C=O) groups is 2. The summed E-state index contributed by atoms with van der Waals surface area (Å²) in [5, 5.41) is 20.4. The van der Waals surface area contributed by atoms with Gasteiger partial charge in [-0.15, -0.1) is 0 Å². The molecule has 0 aliphatic rings. The molecule has 2 unspecified atom stereocenters. The highest BCUT2D eigenvalue weighted by atomic mass is 16.5. The van der Waals surface area contributed by atoms with Gasteiger partial charge in [0.25, 0.3) is 0 Å². The molecular formula is C15H21NO5. The maximum absolute atomic E-state index is 11.6. The molecule has 1 aromatic carbocycles. The molecule has 1 rings (SSSR count). The van der Waals surface area contributed by atoms with Gasteiger partial charge in [-0.05, 0) is 37.5 Å². The normalized spacial score (nSPS) is 13.3. The minimum Gasteiger partial charge on any atom is -0.497 e. The summed E-state index contributed by atoms with van der Waals surface area (Å²) in [7, 11) is 1.60. The van der Waals surface area contributed by atoms with Crippen LogP contribution in [-0.4, -0.2) is 41.3 Å². The SMILES string of the molecule is COc1ccc(CCCC(=O)NC(C(=O)O)C(C)O)cc1. The molecule has 0 fully saturated rings. The van der Waals surface area contributed by atoms with Crippen molar-refractivity contribution in [2.75, 3.05) is 7.11 Å². The van der Waals surface area contributed by atoms with Crippen LogP contribution in [0.15, 0.2) is 24.3 Å². The standard InChI is InChI=1S/C15H21NO5/c1-10(17)14(15(19)20)16-13(18)5-3-4-11-6-8-12(21-2)9-7-11/h6-10,14,17H,3-5H2,1-2H3,(H,16,18)(H,19,20). The van der Waals surface area contributed by atoms with E-state index >= 15 is 0 Å². The smallest absolute Gasteiger partial charge is 0.328 e. The summed E-state index contributed by atoms with van der Waals surface area (Å²) in [6.07, 6.45) is 0.393. The van der Waals surface area contributed by atoms with E-state index in [1.807, 2.05) is 24.3 Å². The molecule has 0 saturated heterocycles. The largest absolute Gasteiger partial charge is 0.497 e. The number of hydrogen-bond donors (Lipinski definition) is 3. The molecule has 0 radical (unpaired) electrons. The lowest BCUT2D eigenvalue weighted by molar-refractivity contribution is -0.144. The van der Waals surface area contributed by atoms with Crippen molar-refractivity contribution in [3.8, 4) is 5.75 Å². The Bertz CT molecular complexity index is 469. The average molecular weight is 295 g/mol. The molecule has 1 aromatic rings. The second-order valence-electron chi connectivity index (χ2n) is 4.83. The van der Waals surface area contributed by atoms with Crippen molar-refractivity contribution in [2.45, 2.75) is 38.3 Å². The van der Waals surface area contributed by atoms with Gasteiger partial charge in [0.15, 0.2) is 6.04 Å². The molecular weight excluding hydrogens is 274 g/mol. The first-order valence-corrected chi connectivity index (χ1v) is 6.77. The predicted octanol–water partition coefficient (Wildman–Crippen LogP) is 0.968. The van der Waals surface area contributed by atoms with Crippen LogP contribution in [0.2, 0.25) is 0 Å². The quantitative estimate of drug-likeness (QED) is 0.664. The van der Waals surface area contributed by atoms with E-state index < -0.39 is 18.1 Å². The van der Waals surface area contributed by atoms with Crippen molar-refractivity contribution < 1.29 is 24.5 Å². The number of methoxy groups -OCH3 is 1. The minimum absolute atomic E-state index is 0.211. The Balaban J connectivity index is 2.37. The Morgan fingerprint density at radius 3 is 2.38 bits per heavy atom. The lowest BCUT2D eigenvalue weighted by Crippen LogP contribution is -2.47. The van der Waals surface area contributed by atoms with E-state index in [1.165, 1.54) is 6.92 Å². The van der Waals surface area contributed by atoms with Crippen LogP contribution < -0.4 is 10.1 Å². The van der Waals surface area contributed by atoms with Crippen LogP contribution in [0.1, 0.15) is 25.3 Å². The first-order chi connectivity index (χ1) is 9.93. The molecule has 0 spiro atoms. The molecule has 0 aliphatic heterocycles. The number of aliphatic carboxylic acids is 1. The van der Waals surface area contributed by atoms with Gasteiger partial charge in [-0.1, -0.05) is 12.1 Å². The Kier molecular flexibility index (Phi) is 6.68. The van der Waals surface area contributed by atoms with Crippen LogP contribution in [0.25, 0.3) is 0 Å². The van der Waals surface area contributed by atoms with Gasteiger partial charge in [-0.2, -0.15) is 0 Å². The summed E-state index contributed by atoms with van der Waals surface area (Å²) in [4.78, 5) is 22.5. The molecule has 2 atom stereocenters. The fourth-order valence-electron chi connectivity index (χ4n) is 1.88. The molecule has 3 N–H and O–H groups in total. The molecule has 1 amide bonds. The Morgan fingerprint density at radius 2 is 1.90 bits per heavy atom. The monoisotopic (exact) mass is 295 g/mol. The first kappa shape index (κ1) is 17.0. The number of benzene rings is 1. The summed E-state index contributed by atoms with van der Waals surface area (Å²) < 4.78 is 5.06. The van der Waals surface area contributed by atoms with Crippen LogP contribution in [0.5, 0.6) is 5.75 Å². The maximum Gasteiger partial charge on any atom is 0.328 e. The third kappa shape index (κ3) is 5.83. The van der Waals surface area contributed by atoms with E-state index in [2.05, 4.69) is 5.32 Å². The Hall–Kier alpha value is -2.08. The average Bonchev–Trinajstić information content (AvgIpc) is 2.45. The highest BCUT2D eigenvalue weighted by molar-refractivity contribution is 5.83. The molecule has 6 heteroatoms. The van der Waals surface area contributed by atoms with Gasteiger partial charge in [0, 0.05) is 6.42 Å². The van der Waals surface area contributed by atoms with E-state index in [1.54, 1.807) is 7.11 Å². The fourth-order valence-corrected chi connectivity index (χ4v) is 1.88. The second kappa shape index (κ2) is 8.26. The van der Waals surface area contributed by atoms with E-state index in [9.17, 15) is 14.7 Å². The molecule has 0 bridgehead atoms. The highest BCUT2D eigenvalue weighted by Gasteiger charge is 2.24. The number of aliphatic hydroxyl groups excluding tert-OH is 1. The van der Waals surface area contributed by atoms with Crippen LogP contribution in [0, 0.1) is 0 Å². The van der Waals surface area contributed by atoms with Crippen molar-refractivity contribution in [1.82, 2.24) is 5.32 Å². The Morgan fingerprint density at radius 1 is 1.29 bits per heavy atom. The number of carbonyl (C=O) groups excluding carboxylic acids is 1. The van der Waals surface area contributed by atoms with Gasteiger partial charge in [-0.3, -0.25) is 4.79 Å². The molecule has 116 valence electrons. The third-order valence-corrected chi connectivity index (χ3v) is 3.09. The van der Waals surface area contributed by atoms with E-state index in [0.717, 1.165) is 11.3 Å². The fraction of sp³-hybridized carbons (Fsp3) is 0.467. The van der Waals surface area contributed by atoms with Crippen molar-refractivity contribution in [3.05, 3.63) is 29.8 Å². The first-order valence-electron chi connectivity index (χ1n) is 6.77. The molecule has 0 aliphatic carbocycles. The predicted molar refractivity (Wildman–Crippen MR) is 77.2 cm³/mol. The second-order valence-corrected chi connectivity index (χ2v) is 4.83. The number of hydrogen-bond acceptors (Lipinski definition) is 4. The van der Waals surface area contributed by atoms with Crippen molar-refractivity contribution in [2.24, 2.45) is 0 Å². The molecule has 0 aromatic heterocycles. The molecule has 6 nitrogen and oxygen atoms in total. The molecule has 0 heterocycles. The lowest BCUT2D eigenvalue weighted by atomic mass is 10.1. The maximum atomic E-state index is 11.6. The summed E-state index contributed by atoms with van der Waals surface area (Å²) in [6, 6.07) is 6.28. The number of carboxylic acids is 1. The van der Waals surface area contributed by atoms with E-state index in [-0.39, 0.29) is 12.3 Å². The molecule has 21 heavy (non-hydrogen) atoms. The molecule has 0 saturated carbocycles. The lowest BCUT2D eigenvalue weighted by Gasteiger charge is -2.16. The van der Waals surface area contributed by atoms with Gasteiger partial charge in [-0.25, -0.2) is 4.79 Å². The van der Waals surface area contributed by atoms with Gasteiger partial charge in [0.05, 0.1) is 13.2 Å². The number of carboxylic acid groups (broad SMARTS) is 1. The summed E-state index contributed by atoms with van der Waals surface area (Å²) >= 11 is 0. The van der Waals surface area contributed by atoms with Gasteiger partial charge < -0.3 is 20.3 Å². The highest BCUT2D eigenvalue weighted by Crippen LogP contribution is 2.13. The summed E-state index contributed by atoms with van der Waals surface area (Å²) in [5.41, 5.74) is 1.08. The zero-order chi connectivity index (χ0) is 15.8. The Labute approximate surface area is 123 Å². The van der Waals surface area contributed by atoms with E-state index in [0.29, 0.717) is 12.8 Å². The van der Waals surface area contributed by atoms with E-state index in [4.69, 9.17) is 9.84 Å². The van der Waals surface area contributed by atoms with Crippen LogP contribution in [0.4, 0.5) is 0 Å². The van der Waals surface area contributed by atoms with Gasteiger partial charge in [0.2, 0.25) is 5.91 Å². The minimum atomic E-state index is -1.27. The number of nitrogens with one attached hydrogen (secondary N) is 1. The number of ether oxygens (including phenoxy) is 1. The number of amides is 1. The van der Waals surface area contributed by atoms with Crippen LogP contribution in [0.3, 0.4) is 0 Å². The number of rotatable bonds is 8. The zero-order valence-corrected chi connectivity index (χ0v) is 12.2. The zero-order valence-electron chi connectivity index (χ0n) is 12.2. The summed E-state index contributed by atoms with van der Waals surface area (Å²) in [5.74, 6) is -0.844. The van der Waals surface area contributed by atoms with Crippen LogP contribution >= 0.6 is 0 Å². The van der Waals surface area contributed by atoms with Crippen molar-refractivity contribution >= 4 is 11.9 Å². The number of aryl methyl sites for hydroxylation is 1. The van der Waals surface area contributed by atoms with Gasteiger partial charge >= 0.3 is 5.97 Å². The van der Waals surface area contributed by atoms with Gasteiger partial charge in [0.1, 0.15) is 5.75 Å². The third-order valence-electron chi connectivity index (χ3n) is 3.09. The topological polar surface area (TPSA) is 95.9 Å². The van der Waals surface area contributed by atoms with Crippen LogP contribution in [-0.2, 0) is 16.0 Å². The summed E-state index contributed by atoms with van der Waals surface area (Å²) in [6.45, 7) is 1.33. The van der Waals surface area contributed by atoms with Crippen molar-refractivity contribution in [1.29, 1.82) is 0 Å².